The van der Waals surface area contributed by atoms with Gasteiger partial charge in [0.25, 0.3) is 5.91 Å². The maximum Gasteiger partial charge on any atom is 0.322 e. The summed E-state index contributed by atoms with van der Waals surface area (Å²) in [4.78, 5) is 11.9. The molecule has 1 aromatic carbocycles. The summed E-state index contributed by atoms with van der Waals surface area (Å²) in [6.07, 6.45) is 1.75. The summed E-state index contributed by atoms with van der Waals surface area (Å²) in [5.74, 6) is -0.342. The highest BCUT2D eigenvalue weighted by Crippen LogP contribution is 2.24. The minimum absolute atomic E-state index is 0.198. The molecule has 1 N–H and O–H groups in total. The second-order valence-electron chi connectivity index (χ2n) is 4.38. The molecule has 3 aromatic rings. The molecule has 0 unspecified atom stereocenters. The van der Waals surface area contributed by atoms with Gasteiger partial charge in [0.05, 0.1) is 10.0 Å². The fourth-order valence-electron chi connectivity index (χ4n) is 1.82. The first-order valence-electron chi connectivity index (χ1n) is 6.31. The van der Waals surface area contributed by atoms with Gasteiger partial charge >= 0.3 is 6.01 Å². The van der Waals surface area contributed by atoms with Crippen molar-refractivity contribution in [3.8, 4) is 6.01 Å². The quantitative estimate of drug-likeness (QED) is 0.794. The Balaban J connectivity index is 1.63. The van der Waals surface area contributed by atoms with E-state index >= 15 is 0 Å². The maximum atomic E-state index is 11.9. The molecule has 0 bridgehead atoms. The summed E-state index contributed by atoms with van der Waals surface area (Å²) in [5.41, 5.74) is 1.18. The normalized spacial score (nSPS) is 10.6. The van der Waals surface area contributed by atoms with Crippen molar-refractivity contribution in [1.29, 1.82) is 0 Å². The number of halogens is 2. The lowest BCUT2D eigenvalue weighted by Gasteiger charge is -2.07. The Morgan fingerprint density at radius 2 is 2.05 bits per heavy atom. The van der Waals surface area contributed by atoms with Crippen LogP contribution < -0.4 is 10.1 Å². The standard InChI is InChI=1S/C14H10Cl2N4O2/c15-10-5-4-9(7-11(10)16)17-13(21)8-22-14-19-18-12-3-1-2-6-20(12)14/h1-7H,8H2,(H,17,21). The molecule has 0 radical (unpaired) electrons. The molecule has 0 aliphatic heterocycles. The highest BCUT2D eigenvalue weighted by molar-refractivity contribution is 6.42. The topological polar surface area (TPSA) is 68.5 Å². The van der Waals surface area contributed by atoms with Crippen LogP contribution in [0.4, 0.5) is 5.69 Å². The van der Waals surface area contributed by atoms with Gasteiger partial charge < -0.3 is 10.1 Å². The Hall–Kier alpha value is -2.31. The van der Waals surface area contributed by atoms with E-state index < -0.39 is 0 Å². The number of rotatable bonds is 4. The van der Waals surface area contributed by atoms with Crippen molar-refractivity contribution < 1.29 is 9.53 Å². The number of nitrogens with zero attached hydrogens (tertiary/aromatic N) is 3. The summed E-state index contributed by atoms with van der Waals surface area (Å²) in [6, 6.07) is 10.5. The van der Waals surface area contributed by atoms with E-state index in [0.29, 0.717) is 21.4 Å². The van der Waals surface area contributed by atoms with E-state index in [9.17, 15) is 4.79 Å². The number of ether oxygens (including phenoxy) is 1. The minimum atomic E-state index is -0.342. The number of pyridine rings is 1. The summed E-state index contributed by atoms with van der Waals surface area (Å²) >= 11 is 11.7. The van der Waals surface area contributed by atoms with Crippen LogP contribution in [0.15, 0.2) is 42.6 Å². The second-order valence-corrected chi connectivity index (χ2v) is 5.19. The van der Waals surface area contributed by atoms with Crippen molar-refractivity contribution in [1.82, 2.24) is 14.6 Å². The van der Waals surface area contributed by atoms with Crippen molar-refractivity contribution in [2.45, 2.75) is 0 Å². The fourth-order valence-corrected chi connectivity index (χ4v) is 2.12. The lowest BCUT2D eigenvalue weighted by molar-refractivity contribution is -0.118. The number of carbonyl (C=O) groups is 1. The number of carbonyl (C=O) groups excluding carboxylic acids is 1. The van der Waals surface area contributed by atoms with Crippen LogP contribution >= 0.6 is 23.2 Å². The van der Waals surface area contributed by atoms with Crippen LogP contribution in [-0.4, -0.2) is 27.1 Å². The monoisotopic (exact) mass is 336 g/mol. The van der Waals surface area contributed by atoms with E-state index in [1.807, 2.05) is 12.1 Å². The molecule has 0 fully saturated rings. The molecule has 0 saturated heterocycles. The Morgan fingerprint density at radius 1 is 1.18 bits per heavy atom. The van der Waals surface area contributed by atoms with Crippen molar-refractivity contribution >= 4 is 40.4 Å². The molecule has 8 heteroatoms. The highest BCUT2D eigenvalue weighted by atomic mass is 35.5. The molecule has 0 atom stereocenters. The first-order valence-corrected chi connectivity index (χ1v) is 7.06. The van der Waals surface area contributed by atoms with Gasteiger partial charge in [0.15, 0.2) is 12.3 Å². The Morgan fingerprint density at radius 3 is 2.86 bits per heavy atom. The zero-order valence-electron chi connectivity index (χ0n) is 11.2. The predicted octanol–water partition coefficient (Wildman–Crippen LogP) is 3.05. The van der Waals surface area contributed by atoms with Crippen LogP contribution in [0.1, 0.15) is 0 Å². The number of aromatic nitrogens is 3. The predicted molar refractivity (Wildman–Crippen MR) is 83.6 cm³/mol. The average Bonchev–Trinajstić information content (AvgIpc) is 2.92. The number of fused-ring (bicyclic) bond motifs is 1. The maximum absolute atomic E-state index is 11.9. The largest absolute Gasteiger partial charge is 0.453 e. The first-order chi connectivity index (χ1) is 10.6. The second kappa shape index (κ2) is 6.21. The third kappa shape index (κ3) is 3.13. The fraction of sp³-hybridized carbons (Fsp3) is 0.0714. The number of hydrogen-bond donors (Lipinski definition) is 1. The smallest absolute Gasteiger partial charge is 0.322 e. The van der Waals surface area contributed by atoms with E-state index in [-0.39, 0.29) is 18.5 Å². The molecule has 22 heavy (non-hydrogen) atoms. The number of benzene rings is 1. The first kappa shape index (κ1) is 14.6. The van der Waals surface area contributed by atoms with Crippen LogP contribution in [0.25, 0.3) is 5.65 Å². The zero-order chi connectivity index (χ0) is 15.5. The van der Waals surface area contributed by atoms with Crippen LogP contribution in [-0.2, 0) is 4.79 Å². The van der Waals surface area contributed by atoms with E-state index in [4.69, 9.17) is 27.9 Å². The number of amides is 1. The third-order valence-electron chi connectivity index (χ3n) is 2.82. The molecule has 112 valence electrons. The summed E-state index contributed by atoms with van der Waals surface area (Å²) in [5, 5.41) is 11.2. The molecule has 1 amide bonds. The van der Waals surface area contributed by atoms with Crippen molar-refractivity contribution in [3.63, 3.8) is 0 Å². The number of anilines is 1. The van der Waals surface area contributed by atoms with E-state index in [1.54, 1.807) is 34.9 Å². The van der Waals surface area contributed by atoms with Crippen molar-refractivity contribution in [2.75, 3.05) is 11.9 Å². The van der Waals surface area contributed by atoms with Gasteiger partial charge in [-0.15, -0.1) is 5.10 Å². The van der Waals surface area contributed by atoms with Gasteiger partial charge in [-0.25, -0.2) is 0 Å². The van der Waals surface area contributed by atoms with Gasteiger partial charge in [-0.1, -0.05) is 34.4 Å². The molecule has 2 aromatic heterocycles. The van der Waals surface area contributed by atoms with Gasteiger partial charge in [0, 0.05) is 11.9 Å². The van der Waals surface area contributed by atoms with Gasteiger partial charge in [0.2, 0.25) is 0 Å². The molecule has 3 rings (SSSR count). The molecule has 0 aliphatic rings. The molecular weight excluding hydrogens is 327 g/mol. The van der Waals surface area contributed by atoms with Gasteiger partial charge in [-0.05, 0) is 30.3 Å². The van der Waals surface area contributed by atoms with Crippen molar-refractivity contribution in [2.24, 2.45) is 0 Å². The zero-order valence-corrected chi connectivity index (χ0v) is 12.7. The number of hydrogen-bond acceptors (Lipinski definition) is 4. The molecule has 6 nitrogen and oxygen atoms in total. The van der Waals surface area contributed by atoms with E-state index in [2.05, 4.69) is 15.5 Å². The van der Waals surface area contributed by atoms with Crippen LogP contribution in [0.5, 0.6) is 6.01 Å². The molecule has 0 spiro atoms. The Labute approximate surface area is 135 Å². The van der Waals surface area contributed by atoms with Crippen LogP contribution in [0, 0.1) is 0 Å². The molecule has 2 heterocycles. The molecule has 0 saturated carbocycles. The Bertz CT molecular complexity index is 835. The van der Waals surface area contributed by atoms with Crippen LogP contribution in [0.3, 0.4) is 0 Å². The summed E-state index contributed by atoms with van der Waals surface area (Å²) in [6.45, 7) is -0.198. The minimum Gasteiger partial charge on any atom is -0.453 e. The van der Waals surface area contributed by atoms with E-state index in [0.717, 1.165) is 0 Å². The molecular formula is C14H10Cl2N4O2. The summed E-state index contributed by atoms with van der Waals surface area (Å²) in [7, 11) is 0. The lowest BCUT2D eigenvalue weighted by atomic mass is 10.3. The van der Waals surface area contributed by atoms with Gasteiger partial charge in [-0.3, -0.25) is 9.20 Å². The van der Waals surface area contributed by atoms with Crippen molar-refractivity contribution in [3.05, 3.63) is 52.6 Å². The van der Waals surface area contributed by atoms with E-state index in [1.165, 1.54) is 0 Å². The van der Waals surface area contributed by atoms with Crippen LogP contribution in [0.2, 0.25) is 10.0 Å². The van der Waals surface area contributed by atoms with Gasteiger partial charge in [-0.2, -0.15) is 0 Å². The Kier molecular flexibility index (Phi) is 4.13. The lowest BCUT2D eigenvalue weighted by Crippen LogP contribution is -2.20. The highest BCUT2D eigenvalue weighted by Gasteiger charge is 2.09. The average molecular weight is 337 g/mol. The third-order valence-corrected chi connectivity index (χ3v) is 3.56. The molecule has 0 aliphatic carbocycles. The van der Waals surface area contributed by atoms with Gasteiger partial charge in [0.1, 0.15) is 0 Å². The number of nitrogens with one attached hydrogen (secondary N) is 1. The SMILES string of the molecule is O=C(COc1nnc2ccccn12)Nc1ccc(Cl)c(Cl)c1. The summed E-state index contributed by atoms with van der Waals surface area (Å²) < 4.78 is 7.01.